The number of nitrogens with zero attached hydrogens (tertiary/aromatic N) is 1. The van der Waals surface area contributed by atoms with Gasteiger partial charge in [-0.1, -0.05) is 75.1 Å². The SMILES string of the molecule is CCCC[C@](O)(c1ccc(OCC)cc1)[C@@H](CN1CCCCCC1)c1ccccc1. The van der Waals surface area contributed by atoms with Crippen LogP contribution >= 0.6 is 0 Å². The number of hydrogen-bond acceptors (Lipinski definition) is 3. The third kappa shape index (κ3) is 5.86. The Labute approximate surface area is 183 Å². The zero-order chi connectivity index (χ0) is 21.2. The molecule has 30 heavy (non-hydrogen) atoms. The summed E-state index contributed by atoms with van der Waals surface area (Å²) in [5.41, 5.74) is 1.34. The Balaban J connectivity index is 1.97. The van der Waals surface area contributed by atoms with Crippen molar-refractivity contribution in [3.8, 4) is 5.75 Å². The predicted octanol–water partition coefficient (Wildman–Crippen LogP) is 6.12. The normalized spacial score (nSPS) is 18.4. The minimum Gasteiger partial charge on any atom is -0.494 e. The summed E-state index contributed by atoms with van der Waals surface area (Å²) in [6.45, 7) is 8.02. The fourth-order valence-electron chi connectivity index (χ4n) is 4.77. The van der Waals surface area contributed by atoms with Crippen LogP contribution in [-0.4, -0.2) is 36.2 Å². The van der Waals surface area contributed by atoms with Crippen LogP contribution in [-0.2, 0) is 5.60 Å². The molecule has 164 valence electrons. The van der Waals surface area contributed by atoms with Crippen molar-refractivity contribution < 1.29 is 9.84 Å². The van der Waals surface area contributed by atoms with Gasteiger partial charge in [-0.05, 0) is 62.5 Å². The van der Waals surface area contributed by atoms with Gasteiger partial charge in [-0.3, -0.25) is 0 Å². The molecule has 0 amide bonds. The molecule has 0 unspecified atom stereocenters. The van der Waals surface area contributed by atoms with E-state index < -0.39 is 5.60 Å². The number of unbranched alkanes of at least 4 members (excludes halogenated alkanes) is 1. The number of ether oxygens (including phenoxy) is 1. The lowest BCUT2D eigenvalue weighted by Gasteiger charge is -2.40. The molecule has 3 nitrogen and oxygen atoms in total. The Kier molecular flexibility index (Phi) is 8.77. The van der Waals surface area contributed by atoms with Gasteiger partial charge >= 0.3 is 0 Å². The van der Waals surface area contributed by atoms with Gasteiger partial charge in [0.05, 0.1) is 12.2 Å². The molecule has 1 aliphatic heterocycles. The van der Waals surface area contributed by atoms with Gasteiger partial charge in [0, 0.05) is 12.5 Å². The van der Waals surface area contributed by atoms with Gasteiger partial charge in [-0.2, -0.15) is 0 Å². The summed E-state index contributed by atoms with van der Waals surface area (Å²) in [5, 5.41) is 12.3. The van der Waals surface area contributed by atoms with Crippen LogP contribution in [0.5, 0.6) is 5.75 Å². The molecule has 0 radical (unpaired) electrons. The molecule has 1 aliphatic rings. The summed E-state index contributed by atoms with van der Waals surface area (Å²) in [6.07, 6.45) is 8.02. The van der Waals surface area contributed by atoms with Crippen molar-refractivity contribution in [3.63, 3.8) is 0 Å². The van der Waals surface area contributed by atoms with Gasteiger partial charge in [0.1, 0.15) is 5.75 Å². The second-order valence-electron chi connectivity index (χ2n) is 8.66. The molecule has 1 N–H and O–H groups in total. The summed E-state index contributed by atoms with van der Waals surface area (Å²) in [6, 6.07) is 18.8. The highest BCUT2D eigenvalue weighted by Crippen LogP contribution is 2.42. The smallest absolute Gasteiger partial charge is 0.119 e. The quantitative estimate of drug-likeness (QED) is 0.513. The number of benzene rings is 2. The topological polar surface area (TPSA) is 32.7 Å². The number of rotatable bonds is 10. The molecule has 2 atom stereocenters. The largest absolute Gasteiger partial charge is 0.494 e. The van der Waals surface area contributed by atoms with Crippen LogP contribution in [0.25, 0.3) is 0 Å². The van der Waals surface area contributed by atoms with Crippen LogP contribution in [0.3, 0.4) is 0 Å². The van der Waals surface area contributed by atoms with Crippen LogP contribution in [0.1, 0.15) is 75.8 Å². The minimum atomic E-state index is -0.894. The number of likely N-dealkylation sites (tertiary alicyclic amines) is 1. The number of aliphatic hydroxyl groups is 1. The van der Waals surface area contributed by atoms with Gasteiger partial charge in [-0.15, -0.1) is 0 Å². The molecule has 1 saturated heterocycles. The Morgan fingerprint density at radius 3 is 2.20 bits per heavy atom. The third-order valence-corrected chi connectivity index (χ3v) is 6.49. The van der Waals surface area contributed by atoms with Gasteiger partial charge in [0.25, 0.3) is 0 Å². The highest BCUT2D eigenvalue weighted by Gasteiger charge is 2.39. The lowest BCUT2D eigenvalue weighted by Crippen LogP contribution is -2.41. The van der Waals surface area contributed by atoms with E-state index in [1.165, 1.54) is 31.2 Å². The maximum Gasteiger partial charge on any atom is 0.119 e. The van der Waals surface area contributed by atoms with Gasteiger partial charge < -0.3 is 14.7 Å². The van der Waals surface area contributed by atoms with Crippen LogP contribution in [0.4, 0.5) is 0 Å². The lowest BCUT2D eigenvalue weighted by atomic mass is 9.74. The van der Waals surface area contributed by atoms with Crippen molar-refractivity contribution in [1.29, 1.82) is 0 Å². The molecule has 3 heteroatoms. The van der Waals surface area contributed by atoms with Crippen molar-refractivity contribution in [2.75, 3.05) is 26.2 Å². The van der Waals surface area contributed by atoms with Crippen LogP contribution in [0.2, 0.25) is 0 Å². The fraction of sp³-hybridized carbons (Fsp3) is 0.556. The van der Waals surface area contributed by atoms with Crippen molar-refractivity contribution in [1.82, 2.24) is 4.90 Å². The highest BCUT2D eigenvalue weighted by molar-refractivity contribution is 5.35. The first-order chi connectivity index (χ1) is 14.7. The van der Waals surface area contributed by atoms with E-state index in [1.807, 2.05) is 19.1 Å². The van der Waals surface area contributed by atoms with E-state index in [2.05, 4.69) is 54.3 Å². The van der Waals surface area contributed by atoms with Crippen molar-refractivity contribution in [3.05, 3.63) is 65.7 Å². The number of hydrogen-bond donors (Lipinski definition) is 1. The summed E-state index contributed by atoms with van der Waals surface area (Å²) < 4.78 is 5.65. The zero-order valence-electron chi connectivity index (χ0n) is 18.9. The Morgan fingerprint density at radius 1 is 0.933 bits per heavy atom. The Hall–Kier alpha value is -1.84. The minimum absolute atomic E-state index is 0.0429. The second kappa shape index (κ2) is 11.5. The van der Waals surface area contributed by atoms with Gasteiger partial charge in [0.15, 0.2) is 0 Å². The van der Waals surface area contributed by atoms with E-state index in [0.29, 0.717) is 6.61 Å². The maximum absolute atomic E-state index is 12.3. The Bertz CT molecular complexity index is 722. The predicted molar refractivity (Wildman–Crippen MR) is 125 cm³/mol. The maximum atomic E-state index is 12.3. The average molecular weight is 410 g/mol. The summed E-state index contributed by atoms with van der Waals surface area (Å²) in [5.74, 6) is 0.907. The lowest BCUT2D eigenvalue weighted by molar-refractivity contribution is -0.0146. The molecule has 2 aromatic rings. The van der Waals surface area contributed by atoms with E-state index >= 15 is 0 Å². The zero-order valence-corrected chi connectivity index (χ0v) is 18.9. The molecular formula is C27H39NO2. The molecule has 0 bridgehead atoms. The molecule has 3 rings (SSSR count). The van der Waals surface area contributed by atoms with E-state index in [-0.39, 0.29) is 5.92 Å². The first-order valence-electron chi connectivity index (χ1n) is 11.9. The molecular weight excluding hydrogens is 370 g/mol. The Morgan fingerprint density at radius 2 is 1.60 bits per heavy atom. The van der Waals surface area contributed by atoms with Crippen molar-refractivity contribution >= 4 is 0 Å². The molecule has 1 heterocycles. The van der Waals surface area contributed by atoms with Crippen LogP contribution < -0.4 is 4.74 Å². The molecule has 1 fully saturated rings. The summed E-state index contributed by atoms with van der Waals surface area (Å²) in [4.78, 5) is 2.58. The average Bonchev–Trinajstić information content (AvgIpc) is 3.06. The monoisotopic (exact) mass is 409 g/mol. The molecule has 2 aromatic carbocycles. The van der Waals surface area contributed by atoms with Crippen LogP contribution in [0.15, 0.2) is 54.6 Å². The molecule has 0 spiro atoms. The standard InChI is InChI=1S/C27H39NO2/c1-3-5-19-27(29,24-15-17-25(18-16-24)30-4-2)26(23-13-9-8-10-14-23)22-28-20-11-6-7-12-21-28/h8-10,13-18,26,29H,3-7,11-12,19-22H2,1-2H3/t26-,27-/m0/s1. The summed E-state index contributed by atoms with van der Waals surface area (Å²) >= 11 is 0. The first-order valence-corrected chi connectivity index (χ1v) is 11.9. The van der Waals surface area contributed by atoms with Gasteiger partial charge in [-0.25, -0.2) is 0 Å². The van der Waals surface area contributed by atoms with Gasteiger partial charge in [0.2, 0.25) is 0 Å². The first kappa shape index (κ1) is 22.8. The van der Waals surface area contributed by atoms with E-state index in [0.717, 1.165) is 50.2 Å². The third-order valence-electron chi connectivity index (χ3n) is 6.49. The van der Waals surface area contributed by atoms with Crippen LogP contribution in [0, 0.1) is 0 Å². The highest BCUT2D eigenvalue weighted by atomic mass is 16.5. The second-order valence-corrected chi connectivity index (χ2v) is 8.66. The van der Waals surface area contributed by atoms with Crippen molar-refractivity contribution in [2.24, 2.45) is 0 Å². The summed E-state index contributed by atoms with van der Waals surface area (Å²) in [7, 11) is 0. The van der Waals surface area contributed by atoms with E-state index in [9.17, 15) is 5.11 Å². The van der Waals surface area contributed by atoms with E-state index in [4.69, 9.17) is 4.74 Å². The molecule has 0 aliphatic carbocycles. The fourth-order valence-corrected chi connectivity index (χ4v) is 4.77. The molecule has 0 saturated carbocycles. The van der Waals surface area contributed by atoms with Crippen molar-refractivity contribution in [2.45, 2.75) is 70.3 Å². The molecule has 0 aromatic heterocycles. The van der Waals surface area contributed by atoms with E-state index in [1.54, 1.807) is 0 Å².